The molecule has 0 aliphatic carbocycles. The Kier molecular flexibility index (Phi) is 12.9. The summed E-state index contributed by atoms with van der Waals surface area (Å²) in [6.07, 6.45) is 6.15. The second kappa shape index (κ2) is 15.6. The molecule has 5 rings (SSSR count). The van der Waals surface area contributed by atoms with E-state index in [0.717, 1.165) is 46.5 Å². The van der Waals surface area contributed by atoms with Crippen LogP contribution in [0.4, 0.5) is 4.39 Å². The number of ketones is 1. The van der Waals surface area contributed by atoms with Crippen molar-refractivity contribution in [3.63, 3.8) is 0 Å². The lowest BCUT2D eigenvalue weighted by atomic mass is 9.94. The molecule has 0 bridgehead atoms. The normalized spacial score (nSPS) is 12.2. The van der Waals surface area contributed by atoms with Crippen molar-refractivity contribution < 1.29 is 14.0 Å². The summed E-state index contributed by atoms with van der Waals surface area (Å²) in [5.41, 5.74) is 5.30. The van der Waals surface area contributed by atoms with Crippen molar-refractivity contribution >= 4 is 28.7 Å². The van der Waals surface area contributed by atoms with Gasteiger partial charge in [-0.1, -0.05) is 65.8 Å². The Labute approximate surface area is 249 Å². The lowest BCUT2D eigenvalue weighted by Crippen LogP contribution is -2.36. The van der Waals surface area contributed by atoms with Crippen molar-refractivity contribution in [1.29, 1.82) is 0 Å². The molecule has 0 spiro atoms. The van der Waals surface area contributed by atoms with Gasteiger partial charge in [0, 0.05) is 28.6 Å². The number of imidazole rings is 1. The number of carbonyl (C=O) groups is 2. The number of rotatable bonds is 5. The van der Waals surface area contributed by atoms with Crippen molar-refractivity contribution in [2.45, 2.75) is 93.8 Å². The maximum Gasteiger partial charge on any atom is 0.272 e. The monoisotopic (exact) mass is 579 g/mol. The number of aromatic nitrogens is 2. The molecule has 0 saturated heterocycles. The smallest absolute Gasteiger partial charge is 0.272 e. The summed E-state index contributed by atoms with van der Waals surface area (Å²) in [5, 5.41) is 1.91. The molecule has 7 heteroatoms. The van der Waals surface area contributed by atoms with Gasteiger partial charge >= 0.3 is 0 Å². The summed E-state index contributed by atoms with van der Waals surface area (Å²) in [7, 11) is 0. The maximum absolute atomic E-state index is 13.8. The number of thiophene rings is 1. The highest BCUT2D eigenvalue weighted by Gasteiger charge is 2.27. The van der Waals surface area contributed by atoms with Crippen molar-refractivity contribution in [2.75, 3.05) is 6.54 Å². The van der Waals surface area contributed by atoms with Crippen LogP contribution >= 0.6 is 11.3 Å². The van der Waals surface area contributed by atoms with Gasteiger partial charge in [-0.05, 0) is 74.4 Å². The minimum atomic E-state index is -1.23. The third-order valence-corrected chi connectivity index (χ3v) is 7.82. The molecule has 1 aliphatic rings. The van der Waals surface area contributed by atoms with Crippen LogP contribution in [0.5, 0.6) is 0 Å². The Morgan fingerprint density at radius 2 is 1.66 bits per heavy atom. The minimum Gasteiger partial charge on any atom is -0.332 e. The molecule has 0 N–H and O–H groups in total. The molecule has 222 valence electrons. The summed E-state index contributed by atoms with van der Waals surface area (Å²) >= 11 is 1.57. The molecule has 4 aromatic rings. The fraction of sp³-hybridized carbons (Fsp3) is 0.441. The predicted molar refractivity (Wildman–Crippen MR) is 170 cm³/mol. The van der Waals surface area contributed by atoms with Gasteiger partial charge in [-0.2, -0.15) is 0 Å². The molecule has 0 fully saturated rings. The van der Waals surface area contributed by atoms with E-state index in [9.17, 15) is 14.0 Å². The van der Waals surface area contributed by atoms with Crippen LogP contribution < -0.4 is 0 Å². The quantitative estimate of drug-likeness (QED) is 0.222. The summed E-state index contributed by atoms with van der Waals surface area (Å²) in [6.45, 7) is 18.2. The van der Waals surface area contributed by atoms with Gasteiger partial charge in [0.2, 0.25) is 0 Å². The number of hydrogen-bond donors (Lipinski definition) is 0. The van der Waals surface area contributed by atoms with Crippen molar-refractivity contribution in [3.8, 4) is 0 Å². The van der Waals surface area contributed by atoms with Gasteiger partial charge in [0.1, 0.15) is 17.0 Å². The Morgan fingerprint density at radius 1 is 1.02 bits per heavy atom. The highest BCUT2D eigenvalue weighted by molar-refractivity contribution is 7.10. The van der Waals surface area contributed by atoms with E-state index in [0.29, 0.717) is 18.8 Å². The van der Waals surface area contributed by atoms with Gasteiger partial charge in [0.15, 0.2) is 5.78 Å². The highest BCUT2D eigenvalue weighted by Crippen LogP contribution is 2.30. The first kappa shape index (κ1) is 33.9. The van der Waals surface area contributed by atoms with Crippen LogP contribution in [0.1, 0.15) is 110 Å². The van der Waals surface area contributed by atoms with Crippen LogP contribution in [-0.2, 0) is 31.5 Å². The second-order valence-electron chi connectivity index (χ2n) is 9.87. The molecule has 0 saturated carbocycles. The highest BCUT2D eigenvalue weighted by atomic mass is 32.1. The van der Waals surface area contributed by atoms with Gasteiger partial charge in [-0.25, -0.2) is 9.37 Å². The van der Waals surface area contributed by atoms with Gasteiger partial charge in [-0.3, -0.25) is 14.0 Å². The van der Waals surface area contributed by atoms with E-state index in [1.807, 2.05) is 78.9 Å². The number of alkyl halides is 1. The summed E-state index contributed by atoms with van der Waals surface area (Å²) in [4.78, 5) is 31.7. The number of amides is 1. The SMILES string of the molecule is CC.CC.CC(=O)c1csc2c1CCN(C(=O)c1cnc3ccccn13)C2.CCc1cc(CC)cc(C(C)(C)F)c1. The number of halogens is 1. The number of carbonyl (C=O) groups excluding carboxylic acids is 2. The van der Waals surface area contributed by atoms with Crippen LogP contribution in [-0.4, -0.2) is 32.5 Å². The zero-order chi connectivity index (χ0) is 30.7. The molecule has 1 aliphatic heterocycles. The second-order valence-corrected chi connectivity index (χ2v) is 10.8. The average Bonchev–Trinajstić information content (AvgIpc) is 3.63. The first-order chi connectivity index (χ1) is 19.6. The molecule has 0 radical (unpaired) electrons. The topological polar surface area (TPSA) is 54.7 Å². The van der Waals surface area contributed by atoms with E-state index in [2.05, 4.69) is 24.9 Å². The lowest BCUT2D eigenvalue weighted by molar-refractivity contribution is 0.0730. The first-order valence-electron chi connectivity index (χ1n) is 14.8. The van der Waals surface area contributed by atoms with Crippen molar-refractivity contribution in [2.24, 2.45) is 0 Å². The fourth-order valence-electron chi connectivity index (χ4n) is 4.56. The third-order valence-electron chi connectivity index (χ3n) is 6.81. The van der Waals surface area contributed by atoms with E-state index < -0.39 is 5.67 Å². The molecule has 0 atom stereocenters. The van der Waals surface area contributed by atoms with Crippen LogP contribution in [0.2, 0.25) is 0 Å². The molecule has 4 heterocycles. The van der Waals surface area contributed by atoms with E-state index >= 15 is 0 Å². The number of hydrogen-bond acceptors (Lipinski definition) is 4. The van der Waals surface area contributed by atoms with Gasteiger partial charge < -0.3 is 4.90 Å². The third kappa shape index (κ3) is 8.35. The zero-order valence-electron chi connectivity index (χ0n) is 26.2. The van der Waals surface area contributed by atoms with Crippen molar-refractivity contribution in [3.05, 3.63) is 92.6 Å². The van der Waals surface area contributed by atoms with Crippen molar-refractivity contribution in [1.82, 2.24) is 14.3 Å². The summed E-state index contributed by atoms with van der Waals surface area (Å²) in [6, 6.07) is 11.8. The van der Waals surface area contributed by atoms with Crippen LogP contribution in [0.25, 0.3) is 5.65 Å². The van der Waals surface area contributed by atoms with Gasteiger partial charge in [-0.15, -0.1) is 11.3 Å². The van der Waals surface area contributed by atoms with E-state index in [1.165, 1.54) is 11.1 Å². The minimum absolute atomic E-state index is 0.0212. The number of fused-ring (bicyclic) bond motifs is 2. The Balaban J connectivity index is 0.000000282. The molecule has 5 nitrogen and oxygen atoms in total. The Bertz CT molecular complexity index is 1410. The molecule has 1 amide bonds. The van der Waals surface area contributed by atoms with E-state index in [1.54, 1.807) is 38.3 Å². The van der Waals surface area contributed by atoms with E-state index in [-0.39, 0.29) is 11.7 Å². The van der Waals surface area contributed by atoms with E-state index in [4.69, 9.17) is 0 Å². The van der Waals surface area contributed by atoms with Crippen LogP contribution in [0.15, 0.2) is 54.2 Å². The summed E-state index contributed by atoms with van der Waals surface area (Å²) in [5.74, 6) is 0.0798. The number of aryl methyl sites for hydroxylation is 2. The number of nitrogens with zero attached hydrogens (tertiary/aromatic N) is 3. The standard InChI is InChI=1S/C17H15N3O2S.C13H19F.2C2H6/c1-11(21)13-10-23-15-9-19(7-5-12(13)15)17(22)14-8-18-16-4-2-3-6-20(14)16;1-5-10-7-11(6-2)9-12(8-10)13(3,4)14;2*1-2/h2-4,6,8,10H,5,7,9H2,1H3;7-9H,5-6H2,1-4H3;2*1-2H3. The predicted octanol–water partition coefficient (Wildman–Crippen LogP) is 8.87. The number of Topliss-reactive ketones (excluding diaryl/α,β-unsaturated/α-hetero) is 1. The largest absolute Gasteiger partial charge is 0.332 e. The average molecular weight is 580 g/mol. The number of benzene rings is 1. The zero-order valence-corrected chi connectivity index (χ0v) is 27.0. The maximum atomic E-state index is 13.8. The Morgan fingerprint density at radius 3 is 2.22 bits per heavy atom. The summed E-state index contributed by atoms with van der Waals surface area (Å²) < 4.78 is 15.6. The Hall–Kier alpha value is -3.32. The fourth-order valence-corrected chi connectivity index (χ4v) is 5.72. The van der Waals surface area contributed by atoms with Crippen LogP contribution in [0.3, 0.4) is 0 Å². The molecule has 3 aromatic heterocycles. The first-order valence-corrected chi connectivity index (χ1v) is 15.6. The van der Waals surface area contributed by atoms with Crippen LogP contribution in [0, 0.1) is 0 Å². The molecule has 41 heavy (non-hydrogen) atoms. The molecular weight excluding hydrogens is 533 g/mol. The van der Waals surface area contributed by atoms with Gasteiger partial charge in [0.05, 0.1) is 12.7 Å². The van der Waals surface area contributed by atoms with Gasteiger partial charge in [0.25, 0.3) is 5.91 Å². The molecular formula is C34H46FN3O2S. The molecule has 0 unspecified atom stereocenters. The molecule has 1 aromatic carbocycles. The number of pyridine rings is 1. The lowest BCUT2D eigenvalue weighted by Gasteiger charge is -2.27.